The van der Waals surface area contributed by atoms with E-state index in [1.165, 1.54) is 0 Å². The summed E-state index contributed by atoms with van der Waals surface area (Å²) in [7, 11) is 0. The van der Waals surface area contributed by atoms with E-state index in [0.29, 0.717) is 37.0 Å². The number of hydrogen-bond donors (Lipinski definition) is 1. The van der Waals surface area contributed by atoms with Gasteiger partial charge < -0.3 is 15.0 Å². The molecule has 1 fully saturated rings. The Kier molecular flexibility index (Phi) is 6.06. The Hall–Kier alpha value is -2.91. The van der Waals surface area contributed by atoms with E-state index in [2.05, 4.69) is 32.1 Å². The second-order valence-electron chi connectivity index (χ2n) is 6.54. The van der Waals surface area contributed by atoms with Crippen molar-refractivity contribution in [1.82, 2.24) is 25.3 Å². The summed E-state index contributed by atoms with van der Waals surface area (Å²) in [6.45, 7) is 5.16. The Balaban J connectivity index is 1.59. The van der Waals surface area contributed by atoms with Crippen molar-refractivity contribution in [1.29, 1.82) is 0 Å². The fraction of sp³-hybridized carbons (Fsp3) is 0.350. The average Bonchev–Trinajstić information content (AvgIpc) is 3.26. The highest BCUT2D eigenvalue weighted by atomic mass is 32.1. The van der Waals surface area contributed by atoms with Gasteiger partial charge in [-0.25, -0.2) is 15.0 Å². The number of thiazole rings is 1. The molecule has 8 nitrogen and oxygen atoms in total. The Morgan fingerprint density at radius 2 is 2.14 bits per heavy atom. The molecule has 1 saturated heterocycles. The molecule has 1 amide bonds. The molecule has 3 aromatic rings. The van der Waals surface area contributed by atoms with Crippen molar-refractivity contribution in [3.05, 3.63) is 52.4 Å². The van der Waals surface area contributed by atoms with Gasteiger partial charge in [0.05, 0.1) is 41.7 Å². The molecule has 4 heterocycles. The van der Waals surface area contributed by atoms with Gasteiger partial charge in [-0.05, 0) is 18.6 Å². The topological polar surface area (TPSA) is 93.1 Å². The molecule has 1 N–H and O–H groups in total. The lowest BCUT2D eigenvalue weighted by atomic mass is 10.1. The minimum Gasteiger partial charge on any atom is -0.378 e. The van der Waals surface area contributed by atoms with Crippen molar-refractivity contribution in [2.45, 2.75) is 19.9 Å². The van der Waals surface area contributed by atoms with Crippen LogP contribution in [0.25, 0.3) is 11.3 Å². The first-order chi connectivity index (χ1) is 14.2. The van der Waals surface area contributed by atoms with Gasteiger partial charge in [-0.1, -0.05) is 6.92 Å². The lowest BCUT2D eigenvalue weighted by Gasteiger charge is -2.27. The van der Waals surface area contributed by atoms with E-state index in [4.69, 9.17) is 9.72 Å². The van der Waals surface area contributed by atoms with Crippen LogP contribution in [0.3, 0.4) is 0 Å². The van der Waals surface area contributed by atoms with Gasteiger partial charge in [-0.3, -0.25) is 9.78 Å². The molecule has 0 saturated carbocycles. The number of aromatic nitrogens is 4. The highest BCUT2D eigenvalue weighted by Gasteiger charge is 2.20. The molecule has 0 spiro atoms. The third-order valence-electron chi connectivity index (χ3n) is 4.58. The van der Waals surface area contributed by atoms with Crippen LogP contribution >= 0.6 is 11.3 Å². The second kappa shape index (κ2) is 9.06. The molecule has 0 aliphatic carbocycles. The number of amides is 1. The molecule has 9 heteroatoms. The van der Waals surface area contributed by atoms with Crippen LogP contribution in [0.5, 0.6) is 0 Å². The number of hydrogen-bond acceptors (Lipinski definition) is 8. The summed E-state index contributed by atoms with van der Waals surface area (Å²) >= 11 is 1.60. The fourth-order valence-corrected chi connectivity index (χ4v) is 3.78. The first-order valence-corrected chi connectivity index (χ1v) is 10.4. The quantitative estimate of drug-likeness (QED) is 0.667. The minimum atomic E-state index is -0.233. The van der Waals surface area contributed by atoms with Crippen LogP contribution in [-0.4, -0.2) is 52.1 Å². The molecule has 0 bridgehead atoms. The third-order valence-corrected chi connectivity index (χ3v) is 5.62. The zero-order valence-electron chi connectivity index (χ0n) is 16.2. The van der Waals surface area contributed by atoms with Crippen molar-refractivity contribution >= 4 is 23.2 Å². The van der Waals surface area contributed by atoms with E-state index in [9.17, 15) is 4.79 Å². The molecule has 0 aromatic carbocycles. The second-order valence-corrected chi connectivity index (χ2v) is 7.48. The predicted molar refractivity (Wildman–Crippen MR) is 111 cm³/mol. The zero-order valence-corrected chi connectivity index (χ0v) is 17.0. The first kappa shape index (κ1) is 19.4. The van der Waals surface area contributed by atoms with E-state index in [0.717, 1.165) is 35.8 Å². The van der Waals surface area contributed by atoms with Gasteiger partial charge in [0.25, 0.3) is 5.91 Å². The Bertz CT molecular complexity index is 972. The van der Waals surface area contributed by atoms with Gasteiger partial charge >= 0.3 is 0 Å². The van der Waals surface area contributed by atoms with Gasteiger partial charge in [0.2, 0.25) is 5.95 Å². The maximum Gasteiger partial charge on any atom is 0.255 e. The molecule has 1 aliphatic heterocycles. The Morgan fingerprint density at radius 3 is 2.86 bits per heavy atom. The van der Waals surface area contributed by atoms with Crippen LogP contribution in [0.4, 0.5) is 5.95 Å². The third kappa shape index (κ3) is 4.57. The highest BCUT2D eigenvalue weighted by molar-refractivity contribution is 7.09. The number of ether oxygens (including phenoxy) is 1. The summed E-state index contributed by atoms with van der Waals surface area (Å²) in [5, 5.41) is 5.96. The largest absolute Gasteiger partial charge is 0.378 e. The normalized spacial score (nSPS) is 14.0. The molecule has 29 heavy (non-hydrogen) atoms. The summed E-state index contributed by atoms with van der Waals surface area (Å²) in [6, 6.07) is 3.72. The molecule has 150 valence electrons. The molecule has 4 rings (SSSR count). The molecule has 0 atom stereocenters. The molecule has 1 aliphatic rings. The monoisotopic (exact) mass is 410 g/mol. The Morgan fingerprint density at radius 1 is 1.28 bits per heavy atom. The lowest BCUT2D eigenvalue weighted by Crippen LogP contribution is -2.37. The van der Waals surface area contributed by atoms with Crippen LogP contribution in [0.2, 0.25) is 0 Å². The average molecular weight is 411 g/mol. The number of pyridine rings is 1. The fourth-order valence-electron chi connectivity index (χ4n) is 3.04. The number of aryl methyl sites for hydroxylation is 1. The number of carbonyl (C=O) groups excluding carboxylic acids is 1. The van der Waals surface area contributed by atoms with Crippen LogP contribution in [0.1, 0.15) is 28.0 Å². The van der Waals surface area contributed by atoms with E-state index in [1.54, 1.807) is 29.9 Å². The van der Waals surface area contributed by atoms with Crippen molar-refractivity contribution in [2.75, 3.05) is 31.2 Å². The van der Waals surface area contributed by atoms with Gasteiger partial charge in [0.15, 0.2) is 0 Å². The van der Waals surface area contributed by atoms with Gasteiger partial charge in [0.1, 0.15) is 0 Å². The minimum absolute atomic E-state index is 0.233. The predicted octanol–water partition coefficient (Wildman–Crippen LogP) is 2.32. The van der Waals surface area contributed by atoms with Crippen molar-refractivity contribution < 1.29 is 9.53 Å². The van der Waals surface area contributed by atoms with E-state index in [-0.39, 0.29) is 5.91 Å². The van der Waals surface area contributed by atoms with Crippen molar-refractivity contribution in [3.8, 4) is 11.3 Å². The molecule has 0 radical (unpaired) electrons. The van der Waals surface area contributed by atoms with Crippen molar-refractivity contribution in [2.24, 2.45) is 0 Å². The molecule has 0 unspecified atom stereocenters. The summed E-state index contributed by atoms with van der Waals surface area (Å²) in [5.41, 5.74) is 2.62. The number of rotatable bonds is 6. The standard InChI is InChI=1S/C20H22N6O2S/c1-2-17-24-15(13-29-17)11-22-19(27)16-12-23-20(26-6-8-28-9-7-26)25-18(16)14-4-3-5-21-10-14/h3-5,10,12-13H,2,6-9,11H2,1H3,(H,22,27). The summed E-state index contributed by atoms with van der Waals surface area (Å²) in [6.07, 6.45) is 5.88. The van der Waals surface area contributed by atoms with E-state index in [1.807, 2.05) is 17.5 Å². The van der Waals surface area contributed by atoms with Gasteiger partial charge in [-0.2, -0.15) is 0 Å². The lowest BCUT2D eigenvalue weighted by molar-refractivity contribution is 0.0950. The van der Waals surface area contributed by atoms with Crippen molar-refractivity contribution in [3.63, 3.8) is 0 Å². The summed E-state index contributed by atoms with van der Waals surface area (Å²) in [4.78, 5) is 32.8. The molecular formula is C20H22N6O2S. The maximum atomic E-state index is 12.9. The number of nitrogens with zero attached hydrogens (tertiary/aromatic N) is 5. The SMILES string of the molecule is CCc1nc(CNC(=O)c2cnc(N3CCOCC3)nc2-c2cccnc2)cs1. The molecular weight excluding hydrogens is 388 g/mol. The smallest absolute Gasteiger partial charge is 0.255 e. The number of nitrogens with one attached hydrogen (secondary N) is 1. The maximum absolute atomic E-state index is 12.9. The van der Waals surface area contributed by atoms with Gasteiger partial charge in [-0.15, -0.1) is 11.3 Å². The van der Waals surface area contributed by atoms with Crippen LogP contribution in [0.15, 0.2) is 36.1 Å². The first-order valence-electron chi connectivity index (χ1n) is 9.56. The van der Waals surface area contributed by atoms with Crippen LogP contribution in [-0.2, 0) is 17.7 Å². The van der Waals surface area contributed by atoms with Crippen LogP contribution in [0, 0.1) is 0 Å². The van der Waals surface area contributed by atoms with E-state index >= 15 is 0 Å². The highest BCUT2D eigenvalue weighted by Crippen LogP contribution is 2.23. The number of carbonyl (C=O) groups is 1. The number of anilines is 1. The summed E-state index contributed by atoms with van der Waals surface area (Å²) < 4.78 is 5.41. The van der Waals surface area contributed by atoms with Gasteiger partial charge in [0, 0.05) is 42.6 Å². The van der Waals surface area contributed by atoms with E-state index < -0.39 is 0 Å². The summed E-state index contributed by atoms with van der Waals surface area (Å²) in [5.74, 6) is 0.360. The zero-order chi connectivity index (χ0) is 20.1. The number of morpholine rings is 1. The Labute approximate surface area is 173 Å². The molecule has 3 aromatic heterocycles. The van der Waals surface area contributed by atoms with Crippen LogP contribution < -0.4 is 10.2 Å².